The first-order valence-corrected chi connectivity index (χ1v) is 11.3. The molecule has 1 atom stereocenters. The standard InChI is InChI=1S/C23H23NO6S/c1-13(2)22(23(25)28-4)24-31(26,27)16-7-9-18-17-8-6-15(19-10-5-14(3)29-19)11-20(17)30-21(18)12-16/h5-13,22,24H,1-4H3. The van der Waals surface area contributed by atoms with E-state index in [1.165, 1.54) is 19.2 Å². The van der Waals surface area contributed by atoms with E-state index in [0.29, 0.717) is 11.2 Å². The number of nitrogens with one attached hydrogen (secondary N) is 1. The summed E-state index contributed by atoms with van der Waals surface area (Å²) in [6, 6.07) is 13.2. The minimum atomic E-state index is -3.96. The van der Waals surface area contributed by atoms with Crippen molar-refractivity contribution in [2.24, 2.45) is 5.92 Å². The van der Waals surface area contributed by atoms with Gasteiger partial charge in [-0.05, 0) is 49.2 Å². The molecule has 4 rings (SSSR count). The zero-order valence-corrected chi connectivity index (χ0v) is 18.4. The quantitative estimate of drug-likeness (QED) is 0.438. The number of esters is 1. The molecule has 0 aliphatic rings. The van der Waals surface area contributed by atoms with Gasteiger partial charge in [0.1, 0.15) is 28.7 Å². The van der Waals surface area contributed by atoms with Gasteiger partial charge in [0.2, 0.25) is 10.0 Å². The van der Waals surface area contributed by atoms with E-state index in [1.54, 1.807) is 19.9 Å². The van der Waals surface area contributed by atoms with Crippen LogP contribution in [-0.4, -0.2) is 27.5 Å². The molecule has 31 heavy (non-hydrogen) atoms. The lowest BCUT2D eigenvalue weighted by atomic mass is 10.1. The third kappa shape index (κ3) is 3.96. The molecule has 0 spiro atoms. The fraction of sp³-hybridized carbons (Fsp3) is 0.261. The van der Waals surface area contributed by atoms with Crippen molar-refractivity contribution < 1.29 is 26.8 Å². The number of ether oxygens (including phenoxy) is 1. The number of rotatable bonds is 6. The molecule has 0 amide bonds. The van der Waals surface area contributed by atoms with Gasteiger partial charge in [-0.15, -0.1) is 0 Å². The van der Waals surface area contributed by atoms with Crippen LogP contribution in [0.25, 0.3) is 33.3 Å². The van der Waals surface area contributed by atoms with E-state index in [1.807, 2.05) is 37.3 Å². The van der Waals surface area contributed by atoms with Gasteiger partial charge in [-0.3, -0.25) is 4.79 Å². The van der Waals surface area contributed by atoms with Crippen LogP contribution in [0.2, 0.25) is 0 Å². The summed E-state index contributed by atoms with van der Waals surface area (Å²) in [7, 11) is -2.74. The van der Waals surface area contributed by atoms with Gasteiger partial charge in [0, 0.05) is 22.4 Å². The number of furan rings is 2. The monoisotopic (exact) mass is 441 g/mol. The molecule has 0 aliphatic heterocycles. The van der Waals surface area contributed by atoms with E-state index in [-0.39, 0.29) is 10.8 Å². The Balaban J connectivity index is 1.73. The highest BCUT2D eigenvalue weighted by Gasteiger charge is 2.29. The second-order valence-corrected chi connectivity index (χ2v) is 9.46. The summed E-state index contributed by atoms with van der Waals surface area (Å²) in [5, 5.41) is 1.66. The van der Waals surface area contributed by atoms with Crippen LogP contribution in [0, 0.1) is 12.8 Å². The van der Waals surface area contributed by atoms with Gasteiger partial charge in [0.15, 0.2) is 0 Å². The van der Waals surface area contributed by atoms with Crippen molar-refractivity contribution in [1.29, 1.82) is 0 Å². The number of sulfonamides is 1. The lowest BCUT2D eigenvalue weighted by Crippen LogP contribution is -2.44. The lowest BCUT2D eigenvalue weighted by Gasteiger charge is -2.19. The number of benzene rings is 2. The number of hydrogen-bond acceptors (Lipinski definition) is 6. The maximum atomic E-state index is 12.9. The van der Waals surface area contributed by atoms with Crippen molar-refractivity contribution in [3.63, 3.8) is 0 Å². The summed E-state index contributed by atoms with van der Waals surface area (Å²) in [6.45, 7) is 5.36. The Hall–Kier alpha value is -3.10. The molecule has 0 saturated heterocycles. The fourth-order valence-corrected chi connectivity index (χ4v) is 4.83. The molecule has 0 bridgehead atoms. The number of carbonyl (C=O) groups is 1. The van der Waals surface area contributed by atoms with Gasteiger partial charge < -0.3 is 13.6 Å². The molecule has 0 saturated carbocycles. The molecule has 4 aromatic rings. The van der Waals surface area contributed by atoms with Crippen molar-refractivity contribution in [2.75, 3.05) is 7.11 Å². The second kappa shape index (κ2) is 7.86. The highest BCUT2D eigenvalue weighted by Crippen LogP contribution is 2.33. The van der Waals surface area contributed by atoms with Gasteiger partial charge in [0.25, 0.3) is 0 Å². The SMILES string of the molecule is COC(=O)C(NS(=O)(=O)c1ccc2c(c1)oc1cc(-c3ccc(C)o3)ccc12)C(C)C. The molecular formula is C23H23NO6S. The number of carbonyl (C=O) groups excluding carboxylic acids is 1. The molecule has 7 nitrogen and oxygen atoms in total. The Morgan fingerprint density at radius 2 is 1.65 bits per heavy atom. The Labute approximate surface area is 180 Å². The maximum absolute atomic E-state index is 12.9. The molecule has 2 aromatic heterocycles. The van der Waals surface area contributed by atoms with E-state index in [0.717, 1.165) is 27.9 Å². The summed E-state index contributed by atoms with van der Waals surface area (Å²) in [4.78, 5) is 12.0. The lowest BCUT2D eigenvalue weighted by molar-refractivity contribution is -0.143. The zero-order valence-electron chi connectivity index (χ0n) is 17.6. The average Bonchev–Trinajstić information content (AvgIpc) is 3.33. The fourth-order valence-electron chi connectivity index (χ4n) is 3.49. The highest BCUT2D eigenvalue weighted by atomic mass is 32.2. The van der Waals surface area contributed by atoms with Crippen LogP contribution in [0.3, 0.4) is 0 Å². The number of methoxy groups -OCH3 is 1. The molecule has 0 aliphatic carbocycles. The minimum absolute atomic E-state index is 0.00971. The third-order valence-corrected chi connectivity index (χ3v) is 6.62. The topological polar surface area (TPSA) is 98.8 Å². The van der Waals surface area contributed by atoms with Crippen LogP contribution >= 0.6 is 0 Å². The Morgan fingerprint density at radius 3 is 2.26 bits per heavy atom. The van der Waals surface area contributed by atoms with Crippen molar-refractivity contribution >= 4 is 37.9 Å². The molecule has 1 unspecified atom stereocenters. The van der Waals surface area contributed by atoms with Gasteiger partial charge in [-0.2, -0.15) is 4.72 Å². The van der Waals surface area contributed by atoms with E-state index in [4.69, 9.17) is 13.6 Å². The molecular weight excluding hydrogens is 418 g/mol. The van der Waals surface area contributed by atoms with Crippen LogP contribution in [0.5, 0.6) is 0 Å². The molecule has 162 valence electrons. The van der Waals surface area contributed by atoms with Crippen LogP contribution in [0.4, 0.5) is 0 Å². The van der Waals surface area contributed by atoms with Gasteiger partial charge in [-0.25, -0.2) is 8.42 Å². The van der Waals surface area contributed by atoms with Crippen molar-refractivity contribution in [1.82, 2.24) is 4.72 Å². The third-order valence-electron chi connectivity index (χ3n) is 5.18. The summed E-state index contributed by atoms with van der Waals surface area (Å²) in [5.41, 5.74) is 1.93. The van der Waals surface area contributed by atoms with Crippen LogP contribution in [-0.2, 0) is 19.6 Å². The molecule has 8 heteroatoms. The number of aryl methyl sites for hydroxylation is 1. The predicted octanol–water partition coefficient (Wildman–Crippen LogP) is 4.63. The second-order valence-electron chi connectivity index (χ2n) is 7.75. The Morgan fingerprint density at radius 1 is 0.968 bits per heavy atom. The Bertz CT molecular complexity index is 1380. The average molecular weight is 442 g/mol. The summed E-state index contributed by atoms with van der Waals surface area (Å²) in [5.74, 6) is 0.633. The molecule has 2 aromatic carbocycles. The number of fused-ring (bicyclic) bond motifs is 3. The summed E-state index contributed by atoms with van der Waals surface area (Å²) >= 11 is 0. The van der Waals surface area contributed by atoms with Gasteiger partial charge >= 0.3 is 5.97 Å². The minimum Gasteiger partial charge on any atom is -0.468 e. The van der Waals surface area contributed by atoms with Crippen molar-refractivity contribution in [3.05, 3.63) is 54.3 Å². The zero-order chi connectivity index (χ0) is 22.3. The maximum Gasteiger partial charge on any atom is 0.324 e. The van der Waals surface area contributed by atoms with E-state index >= 15 is 0 Å². The summed E-state index contributed by atoms with van der Waals surface area (Å²) in [6.07, 6.45) is 0. The van der Waals surface area contributed by atoms with E-state index in [9.17, 15) is 13.2 Å². The first-order valence-electron chi connectivity index (χ1n) is 9.83. The van der Waals surface area contributed by atoms with Gasteiger partial charge in [0.05, 0.1) is 12.0 Å². The largest absolute Gasteiger partial charge is 0.468 e. The Kier molecular flexibility index (Phi) is 5.36. The van der Waals surface area contributed by atoms with E-state index < -0.39 is 22.0 Å². The normalized spacial score (nSPS) is 13.2. The van der Waals surface area contributed by atoms with Crippen LogP contribution in [0.15, 0.2) is 62.3 Å². The highest BCUT2D eigenvalue weighted by molar-refractivity contribution is 7.89. The van der Waals surface area contributed by atoms with E-state index in [2.05, 4.69) is 4.72 Å². The van der Waals surface area contributed by atoms with Crippen LogP contribution < -0.4 is 4.72 Å². The molecule has 0 fully saturated rings. The predicted molar refractivity (Wildman–Crippen MR) is 117 cm³/mol. The van der Waals surface area contributed by atoms with Crippen LogP contribution in [0.1, 0.15) is 19.6 Å². The van der Waals surface area contributed by atoms with Crippen molar-refractivity contribution in [3.8, 4) is 11.3 Å². The molecule has 1 N–H and O–H groups in total. The molecule has 2 heterocycles. The smallest absolute Gasteiger partial charge is 0.324 e. The number of hydrogen-bond donors (Lipinski definition) is 1. The molecule has 0 radical (unpaired) electrons. The van der Waals surface area contributed by atoms with Gasteiger partial charge in [-0.1, -0.05) is 19.9 Å². The first kappa shape index (κ1) is 21.1. The first-order chi connectivity index (χ1) is 14.7. The summed E-state index contributed by atoms with van der Waals surface area (Å²) < 4.78 is 44.6. The van der Waals surface area contributed by atoms with Crippen molar-refractivity contribution in [2.45, 2.75) is 31.7 Å².